The molecule has 1 saturated carbocycles. The molecule has 0 bridgehead atoms. The standard InChI is InChI=1S/C30H51N3O10S/c1-2-3-6-9-19(34)12-13-21-20(10-7-4-5-8-11-27(37)38)24(35)16-25(21)44-18-23(29(41)32-17-28(39)40)33-26(36)15-14-22(31)30(42)43/h12-13,19-25,34-35H,2-11,14-18,31H2,1H3,(H,32,41)(H,33,36)(H,37,38)(H,39,40)(H,42,43)/b13-12+/t19-,20+,21-,22+,23+,24?,25?/m0/s1. The number of allylic oxidation sites excluding steroid dienone is 1. The molecule has 2 amide bonds. The topological polar surface area (TPSA) is 237 Å². The van der Waals surface area contributed by atoms with Crippen molar-refractivity contribution in [2.75, 3.05) is 12.3 Å². The van der Waals surface area contributed by atoms with E-state index in [9.17, 15) is 34.2 Å². The van der Waals surface area contributed by atoms with E-state index in [-0.39, 0.29) is 42.1 Å². The lowest BCUT2D eigenvalue weighted by molar-refractivity contribution is -0.139. The highest BCUT2D eigenvalue weighted by molar-refractivity contribution is 8.00. The van der Waals surface area contributed by atoms with Gasteiger partial charge in [0.1, 0.15) is 18.6 Å². The maximum absolute atomic E-state index is 12.8. The van der Waals surface area contributed by atoms with Crippen molar-refractivity contribution < 1.29 is 49.5 Å². The Morgan fingerprint density at radius 1 is 0.955 bits per heavy atom. The molecule has 9 N–H and O–H groups in total. The number of nitrogens with one attached hydrogen (secondary N) is 2. The van der Waals surface area contributed by atoms with Crippen LogP contribution in [0.1, 0.15) is 90.4 Å². The molecule has 13 nitrogen and oxygen atoms in total. The van der Waals surface area contributed by atoms with Crippen LogP contribution >= 0.6 is 11.8 Å². The fraction of sp³-hybridized carbons (Fsp3) is 0.767. The molecule has 1 rings (SSSR count). The quantitative estimate of drug-likeness (QED) is 0.0555. The second-order valence-electron chi connectivity index (χ2n) is 11.4. The Hall–Kier alpha value is -2.68. The number of aliphatic hydroxyl groups excluding tert-OH is 2. The van der Waals surface area contributed by atoms with Crippen molar-refractivity contribution in [1.82, 2.24) is 10.6 Å². The molecule has 0 aromatic rings. The molecule has 252 valence electrons. The van der Waals surface area contributed by atoms with Gasteiger partial charge in [-0.2, -0.15) is 11.8 Å². The second-order valence-corrected chi connectivity index (χ2v) is 12.7. The molecule has 0 aromatic heterocycles. The van der Waals surface area contributed by atoms with Gasteiger partial charge in [-0.15, -0.1) is 0 Å². The van der Waals surface area contributed by atoms with Gasteiger partial charge in [0, 0.05) is 23.8 Å². The number of hydrogen-bond donors (Lipinski definition) is 8. The zero-order valence-corrected chi connectivity index (χ0v) is 26.4. The third kappa shape index (κ3) is 16.4. The highest BCUT2D eigenvalue weighted by Crippen LogP contribution is 2.43. The SMILES string of the molecule is CCCCC[C@H](O)/C=C/[C@@H]1C(SC[C@@H](NC(=O)CC[C@@H](N)C(=O)O)C(=O)NCC(=O)O)CC(O)[C@@H]1CCCCCCC(=O)O. The van der Waals surface area contributed by atoms with E-state index in [1.54, 1.807) is 6.08 Å². The van der Waals surface area contributed by atoms with Gasteiger partial charge in [-0.1, -0.05) is 57.6 Å². The molecular weight excluding hydrogens is 594 g/mol. The summed E-state index contributed by atoms with van der Waals surface area (Å²) in [5.41, 5.74) is 5.47. The van der Waals surface area contributed by atoms with E-state index in [2.05, 4.69) is 17.6 Å². The summed E-state index contributed by atoms with van der Waals surface area (Å²) in [6, 6.07) is -2.35. The fourth-order valence-electron chi connectivity index (χ4n) is 5.26. The number of hydrogen-bond acceptors (Lipinski definition) is 9. The first-order valence-corrected chi connectivity index (χ1v) is 16.6. The minimum Gasteiger partial charge on any atom is -0.481 e. The number of thioether (sulfide) groups is 1. The predicted octanol–water partition coefficient (Wildman–Crippen LogP) is 1.89. The number of aliphatic hydroxyl groups is 2. The number of carbonyl (C=O) groups excluding carboxylic acids is 2. The van der Waals surface area contributed by atoms with Crippen LogP contribution in [0.4, 0.5) is 0 Å². The van der Waals surface area contributed by atoms with Gasteiger partial charge < -0.3 is 41.9 Å². The predicted molar refractivity (Wildman–Crippen MR) is 166 cm³/mol. The van der Waals surface area contributed by atoms with Crippen LogP contribution in [0.25, 0.3) is 0 Å². The maximum atomic E-state index is 12.8. The number of unbranched alkanes of at least 4 members (excludes halogenated alkanes) is 5. The number of carboxylic acid groups (broad SMARTS) is 3. The summed E-state index contributed by atoms with van der Waals surface area (Å²) in [6.45, 7) is 1.44. The first kappa shape index (κ1) is 39.3. The van der Waals surface area contributed by atoms with Gasteiger partial charge in [0.05, 0.1) is 12.2 Å². The van der Waals surface area contributed by atoms with Crippen LogP contribution in [0.15, 0.2) is 12.2 Å². The number of rotatable bonds is 24. The highest BCUT2D eigenvalue weighted by atomic mass is 32.2. The van der Waals surface area contributed by atoms with Crippen LogP contribution in [0.3, 0.4) is 0 Å². The lowest BCUT2D eigenvalue weighted by Crippen LogP contribution is -2.49. The summed E-state index contributed by atoms with van der Waals surface area (Å²) in [7, 11) is 0. The maximum Gasteiger partial charge on any atom is 0.322 e. The third-order valence-electron chi connectivity index (χ3n) is 7.77. The van der Waals surface area contributed by atoms with Gasteiger partial charge in [-0.25, -0.2) is 0 Å². The van der Waals surface area contributed by atoms with Crippen molar-refractivity contribution in [3.63, 3.8) is 0 Å². The number of aliphatic carboxylic acids is 3. The van der Waals surface area contributed by atoms with E-state index in [1.165, 1.54) is 11.8 Å². The van der Waals surface area contributed by atoms with Crippen molar-refractivity contribution in [1.29, 1.82) is 0 Å². The summed E-state index contributed by atoms with van der Waals surface area (Å²) < 4.78 is 0. The first-order valence-electron chi connectivity index (χ1n) is 15.5. The molecule has 1 aliphatic rings. The van der Waals surface area contributed by atoms with Crippen molar-refractivity contribution in [3.05, 3.63) is 12.2 Å². The molecule has 14 heteroatoms. The van der Waals surface area contributed by atoms with E-state index in [0.29, 0.717) is 25.7 Å². The van der Waals surface area contributed by atoms with Gasteiger partial charge in [0.2, 0.25) is 11.8 Å². The Kier molecular flexibility index (Phi) is 19.6. The van der Waals surface area contributed by atoms with E-state index in [4.69, 9.17) is 21.1 Å². The van der Waals surface area contributed by atoms with Crippen LogP contribution in [-0.2, 0) is 24.0 Å². The van der Waals surface area contributed by atoms with Crippen LogP contribution in [-0.4, -0.2) is 97.1 Å². The molecule has 2 unspecified atom stereocenters. The molecular formula is C30H51N3O10S. The van der Waals surface area contributed by atoms with Crippen LogP contribution in [0.5, 0.6) is 0 Å². The molecule has 44 heavy (non-hydrogen) atoms. The summed E-state index contributed by atoms with van der Waals surface area (Å²) in [4.78, 5) is 58.1. The average molecular weight is 646 g/mol. The number of carboxylic acids is 3. The molecule has 0 aromatic carbocycles. The van der Waals surface area contributed by atoms with Gasteiger partial charge in [0.15, 0.2) is 0 Å². The normalized spacial score (nSPS) is 21.9. The lowest BCUT2D eigenvalue weighted by atomic mass is 9.88. The van der Waals surface area contributed by atoms with Crippen molar-refractivity contribution in [2.24, 2.45) is 17.6 Å². The minimum absolute atomic E-state index is 0.0743. The van der Waals surface area contributed by atoms with Gasteiger partial charge >= 0.3 is 17.9 Å². The molecule has 0 saturated heterocycles. The largest absolute Gasteiger partial charge is 0.481 e. The number of nitrogens with two attached hydrogens (primary N) is 1. The van der Waals surface area contributed by atoms with Gasteiger partial charge in [0.25, 0.3) is 0 Å². The number of carbonyl (C=O) groups is 5. The molecule has 0 radical (unpaired) electrons. The van der Waals surface area contributed by atoms with Crippen molar-refractivity contribution in [3.8, 4) is 0 Å². The smallest absolute Gasteiger partial charge is 0.322 e. The van der Waals surface area contributed by atoms with Gasteiger partial charge in [-0.05, 0) is 43.9 Å². The Bertz CT molecular complexity index is 950. The van der Waals surface area contributed by atoms with E-state index in [1.807, 2.05) is 6.08 Å². The Morgan fingerprint density at radius 2 is 1.66 bits per heavy atom. The Morgan fingerprint density at radius 3 is 2.30 bits per heavy atom. The zero-order valence-electron chi connectivity index (χ0n) is 25.6. The van der Waals surface area contributed by atoms with Crippen molar-refractivity contribution in [2.45, 2.75) is 120 Å². The molecule has 0 spiro atoms. The van der Waals surface area contributed by atoms with Crippen LogP contribution in [0.2, 0.25) is 0 Å². The van der Waals surface area contributed by atoms with E-state index < -0.39 is 60.6 Å². The lowest BCUT2D eigenvalue weighted by Gasteiger charge is -2.25. The summed E-state index contributed by atoms with van der Waals surface area (Å²) in [5.74, 6) is -4.81. The highest BCUT2D eigenvalue weighted by Gasteiger charge is 2.41. The summed E-state index contributed by atoms with van der Waals surface area (Å²) in [6.07, 6.45) is 9.83. The van der Waals surface area contributed by atoms with E-state index in [0.717, 1.165) is 38.5 Å². The van der Waals surface area contributed by atoms with Crippen LogP contribution < -0.4 is 16.4 Å². The minimum atomic E-state index is -1.26. The molecule has 1 fully saturated rings. The Labute approximate surface area is 263 Å². The summed E-state index contributed by atoms with van der Waals surface area (Å²) in [5, 5.41) is 53.0. The third-order valence-corrected chi connectivity index (χ3v) is 9.23. The summed E-state index contributed by atoms with van der Waals surface area (Å²) >= 11 is 1.37. The van der Waals surface area contributed by atoms with Crippen molar-refractivity contribution >= 4 is 41.5 Å². The molecule has 1 aliphatic carbocycles. The first-order chi connectivity index (χ1) is 20.8. The van der Waals surface area contributed by atoms with Gasteiger partial charge in [-0.3, -0.25) is 24.0 Å². The second kappa shape index (κ2) is 21.9. The molecule has 0 heterocycles. The van der Waals surface area contributed by atoms with E-state index >= 15 is 0 Å². The monoisotopic (exact) mass is 645 g/mol. The fourth-order valence-corrected chi connectivity index (χ4v) is 6.79. The van der Waals surface area contributed by atoms with Crippen LogP contribution in [0, 0.1) is 11.8 Å². The Balaban J connectivity index is 2.98. The number of amides is 2. The molecule has 7 atom stereocenters. The molecule has 0 aliphatic heterocycles. The zero-order chi connectivity index (χ0) is 33.1. The average Bonchev–Trinajstić information content (AvgIpc) is 3.26.